The van der Waals surface area contributed by atoms with Crippen LogP contribution in [0.25, 0.3) is 11.3 Å². The summed E-state index contributed by atoms with van der Waals surface area (Å²) in [5, 5.41) is 6.79. The zero-order valence-corrected chi connectivity index (χ0v) is 18.6. The van der Waals surface area contributed by atoms with Crippen molar-refractivity contribution in [2.75, 3.05) is 6.54 Å². The van der Waals surface area contributed by atoms with Gasteiger partial charge in [0.15, 0.2) is 11.5 Å². The second-order valence-corrected chi connectivity index (χ2v) is 7.90. The average molecular weight is 444 g/mol. The first-order valence-electron chi connectivity index (χ1n) is 10.7. The lowest BCUT2D eigenvalue weighted by Crippen LogP contribution is -2.40. The molecule has 1 N–H and O–H groups in total. The zero-order chi connectivity index (χ0) is 23.2. The maximum absolute atomic E-state index is 13.3. The molecule has 33 heavy (non-hydrogen) atoms. The third kappa shape index (κ3) is 5.57. The number of carbonyl (C=O) groups excluding carboxylic acids is 2. The Hall–Kier alpha value is -4.13. The smallest absolute Gasteiger partial charge is 0.276 e. The molecule has 4 rings (SSSR count). The summed E-state index contributed by atoms with van der Waals surface area (Å²) in [4.78, 5) is 27.4. The third-order valence-corrected chi connectivity index (χ3v) is 5.27. The van der Waals surface area contributed by atoms with E-state index in [0.717, 1.165) is 22.3 Å². The first-order chi connectivity index (χ1) is 16.0. The van der Waals surface area contributed by atoms with Gasteiger partial charge in [-0.2, -0.15) is 0 Å². The highest BCUT2D eigenvalue weighted by Gasteiger charge is 2.23. The third-order valence-electron chi connectivity index (χ3n) is 5.27. The van der Waals surface area contributed by atoms with Gasteiger partial charge in [-0.15, -0.1) is 0 Å². The van der Waals surface area contributed by atoms with Crippen molar-refractivity contribution < 1.29 is 18.5 Å². The molecule has 0 atom stereocenters. The largest absolute Gasteiger partial charge is 0.467 e. The topological polar surface area (TPSA) is 88.6 Å². The summed E-state index contributed by atoms with van der Waals surface area (Å²) in [6.45, 7) is 4.36. The SMILES string of the molecule is Cc1ccc(C)c(-c2cc(C(=O)N(CC(=O)NCc3ccco3)Cc3ccccc3)no2)c1. The van der Waals surface area contributed by atoms with Crippen molar-refractivity contribution in [3.8, 4) is 11.3 Å². The molecular weight excluding hydrogens is 418 g/mol. The molecule has 0 saturated heterocycles. The molecule has 4 aromatic rings. The Morgan fingerprint density at radius 3 is 2.58 bits per heavy atom. The van der Waals surface area contributed by atoms with E-state index < -0.39 is 0 Å². The fourth-order valence-electron chi connectivity index (χ4n) is 3.50. The maximum atomic E-state index is 13.3. The Bertz CT molecular complexity index is 1230. The second-order valence-electron chi connectivity index (χ2n) is 7.90. The highest BCUT2D eigenvalue weighted by molar-refractivity contribution is 5.95. The maximum Gasteiger partial charge on any atom is 0.276 e. The molecular formula is C26H25N3O4. The van der Waals surface area contributed by atoms with E-state index in [1.54, 1.807) is 24.5 Å². The fraction of sp³-hybridized carbons (Fsp3) is 0.192. The van der Waals surface area contributed by atoms with Crippen molar-refractivity contribution in [2.45, 2.75) is 26.9 Å². The van der Waals surface area contributed by atoms with Gasteiger partial charge in [0.25, 0.3) is 5.91 Å². The first-order valence-corrected chi connectivity index (χ1v) is 10.7. The summed E-state index contributed by atoms with van der Waals surface area (Å²) in [5.74, 6) is 0.474. The molecule has 2 aromatic carbocycles. The van der Waals surface area contributed by atoms with Crippen LogP contribution >= 0.6 is 0 Å². The van der Waals surface area contributed by atoms with E-state index in [1.165, 1.54) is 4.90 Å². The van der Waals surface area contributed by atoms with E-state index in [0.29, 0.717) is 11.5 Å². The van der Waals surface area contributed by atoms with Crippen LogP contribution in [0.1, 0.15) is 32.9 Å². The molecule has 7 heteroatoms. The Balaban J connectivity index is 1.53. The van der Waals surface area contributed by atoms with E-state index in [9.17, 15) is 9.59 Å². The van der Waals surface area contributed by atoms with Crippen molar-refractivity contribution in [1.82, 2.24) is 15.4 Å². The van der Waals surface area contributed by atoms with Crippen molar-refractivity contribution in [3.05, 3.63) is 101 Å². The molecule has 0 spiro atoms. The van der Waals surface area contributed by atoms with Gasteiger partial charge in [-0.05, 0) is 43.2 Å². The minimum absolute atomic E-state index is 0.125. The van der Waals surface area contributed by atoms with Gasteiger partial charge in [0.1, 0.15) is 12.3 Å². The lowest BCUT2D eigenvalue weighted by molar-refractivity contribution is -0.122. The number of benzene rings is 2. The van der Waals surface area contributed by atoms with E-state index in [2.05, 4.69) is 10.5 Å². The number of carbonyl (C=O) groups is 2. The molecule has 0 aliphatic carbocycles. The molecule has 0 radical (unpaired) electrons. The molecule has 0 aliphatic heterocycles. The second kappa shape index (κ2) is 9.99. The number of aromatic nitrogens is 1. The quantitative estimate of drug-likeness (QED) is 0.433. The average Bonchev–Trinajstić information content (AvgIpc) is 3.51. The van der Waals surface area contributed by atoms with Gasteiger partial charge in [0.05, 0.1) is 12.8 Å². The lowest BCUT2D eigenvalue weighted by Gasteiger charge is -2.21. The predicted octanol–water partition coefficient (Wildman–Crippen LogP) is 4.51. The highest BCUT2D eigenvalue weighted by Crippen LogP contribution is 2.26. The van der Waals surface area contributed by atoms with Gasteiger partial charge in [-0.1, -0.05) is 53.2 Å². The number of aryl methyl sites for hydroxylation is 2. The van der Waals surface area contributed by atoms with Crippen LogP contribution in [0.15, 0.2) is 81.9 Å². The Morgan fingerprint density at radius 1 is 1.00 bits per heavy atom. The minimum atomic E-state index is -0.382. The van der Waals surface area contributed by atoms with E-state index in [-0.39, 0.29) is 37.1 Å². The van der Waals surface area contributed by atoms with E-state index in [4.69, 9.17) is 8.94 Å². The number of hydrogen-bond donors (Lipinski definition) is 1. The van der Waals surface area contributed by atoms with Crippen LogP contribution < -0.4 is 5.32 Å². The van der Waals surface area contributed by atoms with Gasteiger partial charge in [0, 0.05) is 18.2 Å². The van der Waals surface area contributed by atoms with Crippen LogP contribution in [-0.4, -0.2) is 28.4 Å². The molecule has 2 aromatic heterocycles. The molecule has 0 aliphatic rings. The predicted molar refractivity (Wildman–Crippen MR) is 123 cm³/mol. The monoisotopic (exact) mass is 443 g/mol. The molecule has 2 heterocycles. The van der Waals surface area contributed by atoms with Crippen LogP contribution in [0.2, 0.25) is 0 Å². The summed E-state index contributed by atoms with van der Waals surface area (Å²) in [6, 6.07) is 20.7. The summed E-state index contributed by atoms with van der Waals surface area (Å²) in [5.41, 5.74) is 4.05. The normalized spacial score (nSPS) is 10.7. The van der Waals surface area contributed by atoms with Crippen molar-refractivity contribution in [3.63, 3.8) is 0 Å². The van der Waals surface area contributed by atoms with Gasteiger partial charge in [-0.3, -0.25) is 9.59 Å². The first kappa shape index (κ1) is 22.1. The molecule has 7 nitrogen and oxygen atoms in total. The van der Waals surface area contributed by atoms with Crippen LogP contribution in [0, 0.1) is 13.8 Å². The Labute approximate surface area is 192 Å². The summed E-state index contributed by atoms with van der Waals surface area (Å²) >= 11 is 0. The molecule has 168 valence electrons. The summed E-state index contributed by atoms with van der Waals surface area (Å²) in [7, 11) is 0. The number of nitrogens with one attached hydrogen (secondary N) is 1. The van der Waals surface area contributed by atoms with Crippen LogP contribution in [0.5, 0.6) is 0 Å². The number of amides is 2. The molecule has 0 unspecified atom stereocenters. The molecule has 0 saturated carbocycles. The van der Waals surface area contributed by atoms with Gasteiger partial charge in [0.2, 0.25) is 5.91 Å². The lowest BCUT2D eigenvalue weighted by atomic mass is 10.0. The Morgan fingerprint density at radius 2 is 1.82 bits per heavy atom. The summed E-state index contributed by atoms with van der Waals surface area (Å²) < 4.78 is 10.7. The van der Waals surface area contributed by atoms with E-state index in [1.807, 2.05) is 62.4 Å². The van der Waals surface area contributed by atoms with Crippen LogP contribution in [0.4, 0.5) is 0 Å². The fourth-order valence-corrected chi connectivity index (χ4v) is 3.50. The van der Waals surface area contributed by atoms with Crippen LogP contribution in [-0.2, 0) is 17.9 Å². The molecule has 0 fully saturated rings. The van der Waals surface area contributed by atoms with Crippen molar-refractivity contribution in [2.24, 2.45) is 0 Å². The van der Waals surface area contributed by atoms with E-state index >= 15 is 0 Å². The standard InChI is InChI=1S/C26H25N3O4/c1-18-10-11-19(2)22(13-18)24-14-23(28-33-24)26(31)29(16-20-7-4-3-5-8-20)17-25(30)27-15-21-9-6-12-32-21/h3-14H,15-17H2,1-2H3,(H,27,30). The number of furan rings is 1. The van der Waals surface area contributed by atoms with Gasteiger partial charge >= 0.3 is 0 Å². The zero-order valence-electron chi connectivity index (χ0n) is 18.6. The number of rotatable bonds is 8. The van der Waals surface area contributed by atoms with Gasteiger partial charge < -0.3 is 19.2 Å². The van der Waals surface area contributed by atoms with Gasteiger partial charge in [-0.25, -0.2) is 0 Å². The number of hydrogen-bond acceptors (Lipinski definition) is 5. The van der Waals surface area contributed by atoms with Crippen molar-refractivity contribution >= 4 is 11.8 Å². The molecule has 2 amide bonds. The Kier molecular flexibility index (Phi) is 6.69. The van der Waals surface area contributed by atoms with Crippen LogP contribution in [0.3, 0.4) is 0 Å². The minimum Gasteiger partial charge on any atom is -0.467 e. The molecule has 0 bridgehead atoms. The summed E-state index contributed by atoms with van der Waals surface area (Å²) in [6.07, 6.45) is 1.55. The highest BCUT2D eigenvalue weighted by atomic mass is 16.5. The van der Waals surface area contributed by atoms with Crippen molar-refractivity contribution in [1.29, 1.82) is 0 Å². The number of nitrogens with zero attached hydrogens (tertiary/aromatic N) is 2.